The van der Waals surface area contributed by atoms with E-state index < -0.39 is 5.97 Å². The van der Waals surface area contributed by atoms with Gasteiger partial charge in [-0.15, -0.1) is 0 Å². The maximum Gasteiger partial charge on any atom is 0.338 e. The molecule has 4 nitrogen and oxygen atoms in total. The van der Waals surface area contributed by atoms with E-state index in [4.69, 9.17) is 14.2 Å². The number of benzene rings is 2. The molecule has 0 radical (unpaired) electrons. The Morgan fingerprint density at radius 2 is 2.00 bits per heavy atom. The van der Waals surface area contributed by atoms with Crippen LogP contribution in [-0.2, 0) is 11.3 Å². The second kappa shape index (κ2) is 9.63. The molecule has 0 aliphatic rings. The summed E-state index contributed by atoms with van der Waals surface area (Å²) < 4.78 is 18.2. The van der Waals surface area contributed by atoms with E-state index in [1.54, 1.807) is 12.1 Å². The highest BCUT2D eigenvalue weighted by Gasteiger charge is 2.17. The molecule has 0 saturated heterocycles. The first kappa shape index (κ1) is 19.5. The normalized spacial score (nSPS) is 10.2. The molecule has 0 amide bonds. The summed E-state index contributed by atoms with van der Waals surface area (Å²) in [6.45, 7) is 6.38. The maximum atomic E-state index is 12.0. The molecule has 0 heterocycles. The van der Waals surface area contributed by atoms with Gasteiger partial charge in [0, 0.05) is 4.47 Å². The van der Waals surface area contributed by atoms with Gasteiger partial charge < -0.3 is 14.2 Å². The predicted molar refractivity (Wildman–Crippen MR) is 104 cm³/mol. The molecule has 0 N–H and O–H groups in total. The number of rotatable bonds is 8. The molecule has 132 valence electrons. The Bertz CT molecular complexity index is 759. The van der Waals surface area contributed by atoms with Crippen LogP contribution in [0.5, 0.6) is 11.5 Å². The highest BCUT2D eigenvalue weighted by atomic mass is 79.9. The number of carbonyl (C=O) groups excluding carboxylic acids is 1. The van der Waals surface area contributed by atoms with Crippen molar-refractivity contribution < 1.29 is 19.0 Å². The van der Waals surface area contributed by atoms with E-state index in [2.05, 4.69) is 38.4 Å². The van der Waals surface area contributed by atoms with Gasteiger partial charge in [0.25, 0.3) is 0 Å². The van der Waals surface area contributed by atoms with Crippen molar-refractivity contribution in [1.29, 1.82) is 0 Å². The van der Waals surface area contributed by atoms with Gasteiger partial charge in [-0.2, -0.15) is 0 Å². The van der Waals surface area contributed by atoms with Crippen molar-refractivity contribution >= 4 is 37.8 Å². The Hall–Kier alpha value is -1.79. The molecule has 0 fully saturated rings. The summed E-state index contributed by atoms with van der Waals surface area (Å²) in [4.78, 5) is 12.0. The van der Waals surface area contributed by atoms with Crippen LogP contribution in [0.2, 0.25) is 0 Å². The fourth-order valence-corrected chi connectivity index (χ4v) is 3.09. The summed E-state index contributed by atoms with van der Waals surface area (Å²) in [5.74, 6) is 0.583. The van der Waals surface area contributed by atoms with Crippen LogP contribution in [0.25, 0.3) is 0 Å². The van der Waals surface area contributed by atoms with E-state index in [0.717, 1.165) is 10.0 Å². The lowest BCUT2D eigenvalue weighted by molar-refractivity contribution is 0.0549. The highest BCUT2D eigenvalue weighted by Crippen LogP contribution is 2.37. The van der Waals surface area contributed by atoms with Gasteiger partial charge in [0.2, 0.25) is 0 Å². The largest absolute Gasteiger partial charge is 0.490 e. The quantitative estimate of drug-likeness (QED) is 0.376. The zero-order valence-corrected chi connectivity index (χ0v) is 16.9. The number of halogens is 2. The summed E-state index contributed by atoms with van der Waals surface area (Å²) in [5.41, 5.74) is 1.39. The van der Waals surface area contributed by atoms with Crippen molar-refractivity contribution in [2.24, 2.45) is 0 Å². The van der Waals surface area contributed by atoms with Crippen molar-refractivity contribution in [3.05, 3.63) is 69.1 Å². The van der Waals surface area contributed by atoms with Gasteiger partial charge in [0.05, 0.1) is 16.6 Å². The topological polar surface area (TPSA) is 44.8 Å². The third kappa shape index (κ3) is 5.61. The van der Waals surface area contributed by atoms with Crippen LogP contribution in [0.3, 0.4) is 0 Å². The Labute approximate surface area is 164 Å². The fraction of sp³-hybridized carbons (Fsp3) is 0.211. The van der Waals surface area contributed by atoms with Crippen molar-refractivity contribution in [2.45, 2.75) is 13.5 Å². The van der Waals surface area contributed by atoms with Crippen LogP contribution >= 0.6 is 31.9 Å². The van der Waals surface area contributed by atoms with Crippen molar-refractivity contribution in [3.63, 3.8) is 0 Å². The fourth-order valence-electron chi connectivity index (χ4n) is 2.09. The second-order valence-electron chi connectivity index (χ2n) is 5.02. The van der Waals surface area contributed by atoms with Crippen LogP contribution in [0.15, 0.2) is 58.0 Å². The third-order valence-corrected chi connectivity index (χ3v) is 4.23. The lowest BCUT2D eigenvalue weighted by Crippen LogP contribution is -2.07. The lowest BCUT2D eigenvalue weighted by atomic mass is 10.2. The minimum absolute atomic E-state index is 0.154. The first-order valence-corrected chi connectivity index (χ1v) is 9.25. The zero-order chi connectivity index (χ0) is 18.2. The van der Waals surface area contributed by atoms with Crippen LogP contribution in [0.1, 0.15) is 22.8 Å². The SMILES string of the molecule is C=CCOC(=O)c1cc(Br)c(OCc2cccc(Br)c2)c(OCC)c1. The highest BCUT2D eigenvalue weighted by molar-refractivity contribution is 9.10. The average Bonchev–Trinajstić information content (AvgIpc) is 2.59. The van der Waals surface area contributed by atoms with Crippen molar-refractivity contribution in [3.8, 4) is 11.5 Å². The molecule has 0 aliphatic carbocycles. The predicted octanol–water partition coefficient (Wildman–Crippen LogP) is 5.53. The minimum Gasteiger partial charge on any atom is -0.490 e. The van der Waals surface area contributed by atoms with Gasteiger partial charge in [0.1, 0.15) is 13.2 Å². The summed E-state index contributed by atoms with van der Waals surface area (Å²) in [6, 6.07) is 11.1. The van der Waals surface area contributed by atoms with E-state index in [1.165, 1.54) is 6.08 Å². The summed E-state index contributed by atoms with van der Waals surface area (Å²) in [5, 5.41) is 0. The summed E-state index contributed by atoms with van der Waals surface area (Å²) in [7, 11) is 0. The van der Waals surface area contributed by atoms with E-state index in [9.17, 15) is 4.79 Å². The number of hydrogen-bond acceptors (Lipinski definition) is 4. The van der Waals surface area contributed by atoms with Crippen LogP contribution < -0.4 is 9.47 Å². The first-order chi connectivity index (χ1) is 12.0. The molecule has 0 atom stereocenters. The Morgan fingerprint density at radius 3 is 2.68 bits per heavy atom. The smallest absolute Gasteiger partial charge is 0.338 e. The number of hydrogen-bond donors (Lipinski definition) is 0. The second-order valence-corrected chi connectivity index (χ2v) is 6.79. The van der Waals surface area contributed by atoms with Gasteiger partial charge in [-0.3, -0.25) is 0 Å². The molecular weight excluding hydrogens is 452 g/mol. The molecule has 0 spiro atoms. The van der Waals surface area contributed by atoms with Gasteiger partial charge in [-0.25, -0.2) is 4.79 Å². The molecule has 2 aromatic carbocycles. The Kier molecular flexibility index (Phi) is 7.52. The molecule has 25 heavy (non-hydrogen) atoms. The molecule has 6 heteroatoms. The maximum absolute atomic E-state index is 12.0. The van der Waals surface area contributed by atoms with E-state index in [-0.39, 0.29) is 6.61 Å². The first-order valence-electron chi connectivity index (χ1n) is 7.66. The van der Waals surface area contributed by atoms with Crippen molar-refractivity contribution in [2.75, 3.05) is 13.2 Å². The Balaban J connectivity index is 2.24. The van der Waals surface area contributed by atoms with Crippen LogP contribution in [0.4, 0.5) is 0 Å². The number of esters is 1. The number of carbonyl (C=O) groups is 1. The molecule has 0 bridgehead atoms. The molecular formula is C19H18Br2O4. The monoisotopic (exact) mass is 468 g/mol. The molecule has 0 aromatic heterocycles. The molecule has 2 rings (SSSR count). The molecule has 0 unspecified atom stereocenters. The average molecular weight is 470 g/mol. The third-order valence-electron chi connectivity index (χ3n) is 3.15. The minimum atomic E-state index is -0.444. The van der Waals surface area contributed by atoms with Crippen molar-refractivity contribution in [1.82, 2.24) is 0 Å². The zero-order valence-electron chi connectivity index (χ0n) is 13.8. The van der Waals surface area contributed by atoms with Gasteiger partial charge in [-0.05, 0) is 52.7 Å². The Morgan fingerprint density at radius 1 is 1.20 bits per heavy atom. The van der Waals surface area contributed by atoms with Gasteiger partial charge in [0.15, 0.2) is 11.5 Å². The van der Waals surface area contributed by atoms with E-state index >= 15 is 0 Å². The lowest BCUT2D eigenvalue weighted by Gasteiger charge is -2.15. The van der Waals surface area contributed by atoms with Gasteiger partial charge >= 0.3 is 5.97 Å². The van der Waals surface area contributed by atoms with Crippen LogP contribution in [0, 0.1) is 0 Å². The molecule has 0 saturated carbocycles. The summed E-state index contributed by atoms with van der Waals surface area (Å²) in [6.07, 6.45) is 1.52. The number of ether oxygens (including phenoxy) is 3. The van der Waals surface area contributed by atoms with E-state index in [1.807, 2.05) is 31.2 Å². The van der Waals surface area contributed by atoms with Crippen LogP contribution in [-0.4, -0.2) is 19.2 Å². The summed E-state index contributed by atoms with van der Waals surface area (Å²) >= 11 is 6.89. The van der Waals surface area contributed by atoms with E-state index in [0.29, 0.717) is 34.7 Å². The standard InChI is InChI=1S/C19H18Br2O4/c1-3-8-24-19(22)14-10-16(21)18(17(11-14)23-4-2)25-12-13-6-5-7-15(20)9-13/h3,5-7,9-11H,1,4,8,12H2,2H3. The molecule has 0 aliphatic heterocycles. The molecule has 2 aromatic rings. The van der Waals surface area contributed by atoms with Gasteiger partial charge in [-0.1, -0.05) is 40.7 Å².